The number of hydrogen-bond acceptors (Lipinski definition) is 3. The monoisotopic (exact) mass is 236 g/mol. The molecule has 2 atom stereocenters. The average molecular weight is 236 g/mol. The van der Waals surface area contributed by atoms with Gasteiger partial charge in [0.15, 0.2) is 0 Å². The normalized spacial score (nSPS) is 25.6. The summed E-state index contributed by atoms with van der Waals surface area (Å²) in [7, 11) is 0. The SMILES string of the molecule is CCCn1nccc1CN1CC(CN)CC1C. The van der Waals surface area contributed by atoms with Crippen LogP contribution in [0.3, 0.4) is 0 Å². The first-order valence-corrected chi connectivity index (χ1v) is 6.69. The summed E-state index contributed by atoms with van der Waals surface area (Å²) in [6, 6.07) is 2.78. The molecular weight excluding hydrogens is 212 g/mol. The third-order valence-corrected chi connectivity index (χ3v) is 3.73. The predicted octanol–water partition coefficient (Wildman–Crippen LogP) is 1.46. The van der Waals surface area contributed by atoms with Crippen molar-refractivity contribution < 1.29 is 0 Å². The third-order valence-electron chi connectivity index (χ3n) is 3.73. The summed E-state index contributed by atoms with van der Waals surface area (Å²) in [5, 5.41) is 4.38. The zero-order valence-electron chi connectivity index (χ0n) is 11.0. The van der Waals surface area contributed by atoms with Crippen molar-refractivity contribution in [3.05, 3.63) is 18.0 Å². The molecule has 1 aromatic rings. The number of rotatable bonds is 5. The van der Waals surface area contributed by atoms with Gasteiger partial charge in [0.05, 0.1) is 5.69 Å². The number of aryl methyl sites for hydroxylation is 1. The van der Waals surface area contributed by atoms with Crippen LogP contribution in [0.15, 0.2) is 12.3 Å². The molecule has 1 fully saturated rings. The number of likely N-dealkylation sites (tertiary alicyclic amines) is 1. The molecule has 0 aromatic carbocycles. The molecule has 1 aliphatic rings. The van der Waals surface area contributed by atoms with Gasteiger partial charge in [-0.05, 0) is 38.3 Å². The molecule has 0 radical (unpaired) electrons. The number of nitrogens with zero attached hydrogens (tertiary/aromatic N) is 3. The molecule has 1 aliphatic heterocycles. The lowest BCUT2D eigenvalue weighted by molar-refractivity contribution is 0.247. The lowest BCUT2D eigenvalue weighted by atomic mass is 10.1. The Morgan fingerprint density at radius 3 is 3.00 bits per heavy atom. The second-order valence-electron chi connectivity index (χ2n) is 5.16. The Labute approximate surface area is 104 Å². The van der Waals surface area contributed by atoms with Crippen LogP contribution in [0, 0.1) is 5.92 Å². The van der Waals surface area contributed by atoms with Crippen molar-refractivity contribution in [3.8, 4) is 0 Å². The van der Waals surface area contributed by atoms with Crippen LogP contribution in [0.4, 0.5) is 0 Å². The van der Waals surface area contributed by atoms with Crippen molar-refractivity contribution in [1.29, 1.82) is 0 Å². The Morgan fingerprint density at radius 2 is 2.35 bits per heavy atom. The molecule has 0 amide bonds. The summed E-state index contributed by atoms with van der Waals surface area (Å²) >= 11 is 0. The molecule has 2 heterocycles. The van der Waals surface area contributed by atoms with Crippen molar-refractivity contribution in [3.63, 3.8) is 0 Å². The first-order chi connectivity index (χ1) is 8.24. The van der Waals surface area contributed by atoms with Crippen LogP contribution in [-0.2, 0) is 13.1 Å². The van der Waals surface area contributed by atoms with Gasteiger partial charge in [-0.2, -0.15) is 5.10 Å². The second kappa shape index (κ2) is 5.65. The second-order valence-corrected chi connectivity index (χ2v) is 5.16. The summed E-state index contributed by atoms with van der Waals surface area (Å²) in [4.78, 5) is 2.53. The Bertz CT molecular complexity index is 347. The zero-order valence-corrected chi connectivity index (χ0v) is 11.0. The smallest absolute Gasteiger partial charge is 0.0524 e. The highest BCUT2D eigenvalue weighted by atomic mass is 15.3. The maximum atomic E-state index is 5.77. The van der Waals surface area contributed by atoms with Gasteiger partial charge in [0.2, 0.25) is 0 Å². The van der Waals surface area contributed by atoms with E-state index in [0.29, 0.717) is 12.0 Å². The summed E-state index contributed by atoms with van der Waals surface area (Å²) in [5.74, 6) is 0.674. The van der Waals surface area contributed by atoms with E-state index in [9.17, 15) is 0 Å². The maximum absolute atomic E-state index is 5.77. The van der Waals surface area contributed by atoms with Gasteiger partial charge in [0.1, 0.15) is 0 Å². The minimum Gasteiger partial charge on any atom is -0.330 e. The summed E-state index contributed by atoms with van der Waals surface area (Å²) in [6.45, 7) is 8.47. The quantitative estimate of drug-likeness (QED) is 0.842. The van der Waals surface area contributed by atoms with Gasteiger partial charge in [-0.15, -0.1) is 0 Å². The van der Waals surface area contributed by atoms with E-state index >= 15 is 0 Å². The van der Waals surface area contributed by atoms with Crippen LogP contribution in [-0.4, -0.2) is 33.8 Å². The molecule has 2 rings (SSSR count). The molecule has 96 valence electrons. The first-order valence-electron chi connectivity index (χ1n) is 6.69. The summed E-state index contributed by atoms with van der Waals surface area (Å²) in [5.41, 5.74) is 7.09. The van der Waals surface area contributed by atoms with Crippen molar-refractivity contribution >= 4 is 0 Å². The number of aromatic nitrogens is 2. The topological polar surface area (TPSA) is 47.1 Å². The summed E-state index contributed by atoms with van der Waals surface area (Å²) < 4.78 is 2.13. The Balaban J connectivity index is 1.98. The van der Waals surface area contributed by atoms with Crippen molar-refractivity contribution in [2.45, 2.75) is 45.8 Å². The molecule has 1 aromatic heterocycles. The van der Waals surface area contributed by atoms with Crippen molar-refractivity contribution in [2.75, 3.05) is 13.1 Å². The van der Waals surface area contributed by atoms with Crippen LogP contribution in [0.5, 0.6) is 0 Å². The molecule has 0 aliphatic carbocycles. The number of hydrogen-bond donors (Lipinski definition) is 1. The molecule has 0 saturated carbocycles. The van der Waals surface area contributed by atoms with Gasteiger partial charge in [-0.1, -0.05) is 6.92 Å². The molecule has 0 spiro atoms. The van der Waals surface area contributed by atoms with Crippen LogP contribution in [0.25, 0.3) is 0 Å². The third kappa shape index (κ3) is 2.87. The maximum Gasteiger partial charge on any atom is 0.0524 e. The van der Waals surface area contributed by atoms with E-state index in [4.69, 9.17) is 5.73 Å². The first kappa shape index (κ1) is 12.6. The largest absolute Gasteiger partial charge is 0.330 e. The molecular formula is C13H24N4. The van der Waals surface area contributed by atoms with Gasteiger partial charge < -0.3 is 5.73 Å². The predicted molar refractivity (Wildman–Crippen MR) is 69.6 cm³/mol. The fourth-order valence-electron chi connectivity index (χ4n) is 2.72. The van der Waals surface area contributed by atoms with Gasteiger partial charge >= 0.3 is 0 Å². The van der Waals surface area contributed by atoms with Crippen LogP contribution in [0.1, 0.15) is 32.4 Å². The molecule has 17 heavy (non-hydrogen) atoms. The van der Waals surface area contributed by atoms with Crippen LogP contribution < -0.4 is 5.73 Å². The highest BCUT2D eigenvalue weighted by Gasteiger charge is 2.28. The standard InChI is InChI=1S/C13H24N4/c1-3-6-17-13(4-5-15-17)10-16-9-12(8-14)7-11(16)2/h4-5,11-12H,3,6-10,14H2,1-2H3. The van der Waals surface area contributed by atoms with Gasteiger partial charge in [0, 0.05) is 31.9 Å². The number of nitrogens with two attached hydrogens (primary N) is 1. The van der Waals surface area contributed by atoms with Gasteiger partial charge in [-0.3, -0.25) is 9.58 Å². The van der Waals surface area contributed by atoms with Crippen molar-refractivity contribution in [1.82, 2.24) is 14.7 Å². The molecule has 2 N–H and O–H groups in total. The van der Waals surface area contributed by atoms with Gasteiger partial charge in [0.25, 0.3) is 0 Å². The highest BCUT2D eigenvalue weighted by Crippen LogP contribution is 2.23. The van der Waals surface area contributed by atoms with E-state index in [-0.39, 0.29) is 0 Å². The van der Waals surface area contributed by atoms with Crippen LogP contribution >= 0.6 is 0 Å². The Morgan fingerprint density at radius 1 is 1.53 bits per heavy atom. The van der Waals surface area contributed by atoms with Crippen molar-refractivity contribution in [2.24, 2.45) is 11.7 Å². The van der Waals surface area contributed by atoms with Crippen LogP contribution in [0.2, 0.25) is 0 Å². The zero-order chi connectivity index (χ0) is 12.3. The van der Waals surface area contributed by atoms with Gasteiger partial charge in [-0.25, -0.2) is 0 Å². The molecule has 4 heteroatoms. The minimum absolute atomic E-state index is 0.647. The van der Waals surface area contributed by atoms with E-state index in [1.807, 2.05) is 6.20 Å². The van der Waals surface area contributed by atoms with E-state index in [2.05, 4.69) is 34.6 Å². The molecule has 0 bridgehead atoms. The summed E-state index contributed by atoms with van der Waals surface area (Å²) in [6.07, 6.45) is 4.28. The minimum atomic E-state index is 0.647. The lowest BCUT2D eigenvalue weighted by Gasteiger charge is -2.21. The van der Waals surface area contributed by atoms with E-state index in [1.165, 1.54) is 12.1 Å². The Kier molecular flexibility index (Phi) is 4.18. The van der Waals surface area contributed by atoms with E-state index < -0.39 is 0 Å². The average Bonchev–Trinajstić information content (AvgIpc) is 2.88. The van der Waals surface area contributed by atoms with E-state index in [1.54, 1.807) is 0 Å². The lowest BCUT2D eigenvalue weighted by Crippen LogP contribution is -2.28. The Hall–Kier alpha value is -0.870. The molecule has 2 unspecified atom stereocenters. The molecule has 4 nitrogen and oxygen atoms in total. The fourth-order valence-corrected chi connectivity index (χ4v) is 2.72. The highest BCUT2D eigenvalue weighted by molar-refractivity contribution is 5.02. The molecule has 1 saturated heterocycles. The fraction of sp³-hybridized carbons (Fsp3) is 0.769. The van der Waals surface area contributed by atoms with E-state index in [0.717, 1.165) is 32.6 Å².